The van der Waals surface area contributed by atoms with Crippen molar-refractivity contribution in [2.75, 3.05) is 11.9 Å². The number of benzene rings is 2. The second-order valence-electron chi connectivity index (χ2n) is 6.29. The summed E-state index contributed by atoms with van der Waals surface area (Å²) >= 11 is 0. The Hall–Kier alpha value is -3.15. The Bertz CT molecular complexity index is 830. The van der Waals surface area contributed by atoms with Gasteiger partial charge in [0.25, 0.3) is 5.91 Å². The average Bonchev–Trinajstić information content (AvgIpc) is 2.66. The van der Waals surface area contributed by atoms with Crippen molar-refractivity contribution < 1.29 is 19.5 Å². The van der Waals surface area contributed by atoms with Gasteiger partial charge in [-0.3, -0.25) is 14.4 Å². The fourth-order valence-corrected chi connectivity index (χ4v) is 3.22. The molecule has 2 aromatic rings. The maximum absolute atomic E-state index is 12.7. The van der Waals surface area contributed by atoms with E-state index in [0.29, 0.717) is 11.3 Å². The molecule has 26 heavy (non-hydrogen) atoms. The Morgan fingerprint density at radius 1 is 1.04 bits per heavy atom. The highest BCUT2D eigenvalue weighted by Gasteiger charge is 2.26. The first kappa shape index (κ1) is 17.7. The monoisotopic (exact) mass is 352 g/mol. The number of carbonyl (C=O) groups is 3. The normalized spacial score (nSPS) is 15.6. The van der Waals surface area contributed by atoms with E-state index in [4.69, 9.17) is 5.11 Å². The van der Waals surface area contributed by atoms with Crippen LogP contribution in [0.1, 0.15) is 40.2 Å². The van der Waals surface area contributed by atoms with Crippen LogP contribution < -0.4 is 10.6 Å². The SMILES string of the molecule is O=C(O)CNC(=O)c1ccc(NC(=O)C2CCCc3ccccc32)cc1. The van der Waals surface area contributed by atoms with Crippen molar-refractivity contribution in [1.29, 1.82) is 0 Å². The summed E-state index contributed by atoms with van der Waals surface area (Å²) in [5, 5.41) is 13.8. The van der Waals surface area contributed by atoms with E-state index in [2.05, 4.69) is 16.7 Å². The van der Waals surface area contributed by atoms with E-state index in [-0.39, 0.29) is 11.8 Å². The number of amides is 2. The first-order valence-electron chi connectivity index (χ1n) is 8.53. The van der Waals surface area contributed by atoms with Crippen LogP contribution in [-0.2, 0) is 16.0 Å². The number of aryl methyl sites for hydroxylation is 1. The van der Waals surface area contributed by atoms with Crippen LogP contribution in [0.15, 0.2) is 48.5 Å². The third kappa shape index (κ3) is 4.08. The molecule has 1 aliphatic carbocycles. The van der Waals surface area contributed by atoms with E-state index in [9.17, 15) is 14.4 Å². The lowest BCUT2D eigenvalue weighted by atomic mass is 9.82. The molecule has 1 atom stereocenters. The van der Waals surface area contributed by atoms with Gasteiger partial charge in [-0.2, -0.15) is 0 Å². The van der Waals surface area contributed by atoms with E-state index in [0.717, 1.165) is 24.8 Å². The van der Waals surface area contributed by atoms with Crippen LogP contribution in [0.5, 0.6) is 0 Å². The molecule has 2 aromatic carbocycles. The molecule has 0 saturated heterocycles. The van der Waals surface area contributed by atoms with Gasteiger partial charge in [-0.05, 0) is 54.7 Å². The van der Waals surface area contributed by atoms with Crippen molar-refractivity contribution in [3.8, 4) is 0 Å². The summed E-state index contributed by atoms with van der Waals surface area (Å²) in [5.74, 6) is -1.79. The number of fused-ring (bicyclic) bond motifs is 1. The fraction of sp³-hybridized carbons (Fsp3) is 0.250. The molecular formula is C20H20N2O4. The minimum Gasteiger partial charge on any atom is -0.480 e. The summed E-state index contributed by atoms with van der Waals surface area (Å²) in [6.45, 7) is -0.432. The molecule has 3 rings (SSSR count). The van der Waals surface area contributed by atoms with Gasteiger partial charge in [0.1, 0.15) is 6.54 Å². The van der Waals surface area contributed by atoms with Gasteiger partial charge in [-0.1, -0.05) is 24.3 Å². The van der Waals surface area contributed by atoms with Crippen molar-refractivity contribution in [1.82, 2.24) is 5.32 Å². The number of rotatable bonds is 5. The summed E-state index contributed by atoms with van der Waals surface area (Å²) in [6, 6.07) is 14.4. The summed E-state index contributed by atoms with van der Waals surface area (Å²) < 4.78 is 0. The van der Waals surface area contributed by atoms with E-state index >= 15 is 0 Å². The van der Waals surface area contributed by atoms with Gasteiger partial charge in [-0.25, -0.2) is 0 Å². The molecule has 0 radical (unpaired) electrons. The summed E-state index contributed by atoms with van der Waals surface area (Å²) in [4.78, 5) is 35.0. The van der Waals surface area contributed by atoms with Crippen molar-refractivity contribution in [2.45, 2.75) is 25.2 Å². The highest BCUT2D eigenvalue weighted by Crippen LogP contribution is 2.32. The molecule has 2 amide bonds. The van der Waals surface area contributed by atoms with Crippen LogP contribution in [-0.4, -0.2) is 29.4 Å². The average molecular weight is 352 g/mol. The van der Waals surface area contributed by atoms with Crippen molar-refractivity contribution in [3.05, 3.63) is 65.2 Å². The molecule has 0 aliphatic heterocycles. The van der Waals surface area contributed by atoms with Crippen molar-refractivity contribution >= 4 is 23.5 Å². The van der Waals surface area contributed by atoms with Gasteiger partial charge in [0.2, 0.25) is 5.91 Å². The van der Waals surface area contributed by atoms with Crippen LogP contribution >= 0.6 is 0 Å². The summed E-state index contributed by atoms with van der Waals surface area (Å²) in [6.07, 6.45) is 2.80. The number of carboxylic acids is 1. The zero-order valence-corrected chi connectivity index (χ0v) is 14.2. The van der Waals surface area contributed by atoms with Gasteiger partial charge in [0.05, 0.1) is 5.92 Å². The van der Waals surface area contributed by atoms with E-state index < -0.39 is 18.4 Å². The van der Waals surface area contributed by atoms with Crippen LogP contribution in [0.3, 0.4) is 0 Å². The smallest absolute Gasteiger partial charge is 0.322 e. The number of nitrogens with one attached hydrogen (secondary N) is 2. The third-order valence-electron chi connectivity index (χ3n) is 4.50. The molecule has 6 heteroatoms. The second kappa shape index (κ2) is 7.82. The first-order valence-corrected chi connectivity index (χ1v) is 8.53. The van der Waals surface area contributed by atoms with Crippen LogP contribution in [0.25, 0.3) is 0 Å². The number of aliphatic carboxylic acids is 1. The fourth-order valence-electron chi connectivity index (χ4n) is 3.22. The lowest BCUT2D eigenvalue weighted by Crippen LogP contribution is -2.29. The maximum atomic E-state index is 12.7. The standard InChI is InChI=1S/C20H20N2O4/c23-18(24)12-21-19(25)14-8-10-15(11-9-14)22-20(26)17-7-3-5-13-4-1-2-6-16(13)17/h1-2,4,6,8-11,17H,3,5,7,12H2,(H,21,25)(H,22,26)(H,23,24). The van der Waals surface area contributed by atoms with Gasteiger partial charge in [-0.15, -0.1) is 0 Å². The minimum atomic E-state index is -1.10. The maximum Gasteiger partial charge on any atom is 0.322 e. The number of carbonyl (C=O) groups excluding carboxylic acids is 2. The van der Waals surface area contributed by atoms with E-state index in [1.807, 2.05) is 18.2 Å². The van der Waals surface area contributed by atoms with Gasteiger partial charge in [0, 0.05) is 11.3 Å². The number of carboxylic acid groups (broad SMARTS) is 1. The Labute approximate surface area is 151 Å². The Morgan fingerprint density at radius 3 is 2.50 bits per heavy atom. The van der Waals surface area contributed by atoms with Gasteiger partial charge >= 0.3 is 5.97 Å². The topological polar surface area (TPSA) is 95.5 Å². The largest absolute Gasteiger partial charge is 0.480 e. The zero-order chi connectivity index (χ0) is 18.5. The van der Waals surface area contributed by atoms with E-state index in [1.54, 1.807) is 24.3 Å². The lowest BCUT2D eigenvalue weighted by Gasteiger charge is -2.24. The predicted octanol–water partition coefficient (Wildman–Crippen LogP) is 2.56. The molecule has 0 saturated carbocycles. The molecule has 0 aromatic heterocycles. The Morgan fingerprint density at radius 2 is 1.77 bits per heavy atom. The van der Waals surface area contributed by atoms with Crippen molar-refractivity contribution in [3.63, 3.8) is 0 Å². The molecule has 1 unspecified atom stereocenters. The van der Waals surface area contributed by atoms with Crippen LogP contribution in [0, 0.1) is 0 Å². The van der Waals surface area contributed by atoms with Crippen LogP contribution in [0.4, 0.5) is 5.69 Å². The minimum absolute atomic E-state index is 0.0553. The third-order valence-corrected chi connectivity index (χ3v) is 4.50. The Kier molecular flexibility index (Phi) is 5.31. The molecule has 6 nitrogen and oxygen atoms in total. The molecule has 0 bridgehead atoms. The highest BCUT2D eigenvalue weighted by molar-refractivity contribution is 5.98. The molecule has 0 heterocycles. The molecule has 134 valence electrons. The zero-order valence-electron chi connectivity index (χ0n) is 14.2. The molecular weight excluding hydrogens is 332 g/mol. The predicted molar refractivity (Wildman–Crippen MR) is 97.2 cm³/mol. The quantitative estimate of drug-likeness (QED) is 0.771. The number of hydrogen-bond acceptors (Lipinski definition) is 3. The lowest BCUT2D eigenvalue weighted by molar-refractivity contribution is -0.135. The molecule has 0 spiro atoms. The summed E-state index contributed by atoms with van der Waals surface area (Å²) in [5.41, 5.74) is 3.25. The van der Waals surface area contributed by atoms with Gasteiger partial charge in [0.15, 0.2) is 0 Å². The molecule has 3 N–H and O–H groups in total. The van der Waals surface area contributed by atoms with Gasteiger partial charge < -0.3 is 15.7 Å². The molecule has 1 aliphatic rings. The van der Waals surface area contributed by atoms with Crippen molar-refractivity contribution in [2.24, 2.45) is 0 Å². The number of anilines is 1. The number of hydrogen-bond donors (Lipinski definition) is 3. The first-order chi connectivity index (χ1) is 12.5. The van der Waals surface area contributed by atoms with E-state index in [1.165, 1.54) is 5.56 Å². The molecule has 0 fully saturated rings. The second-order valence-corrected chi connectivity index (χ2v) is 6.29. The van der Waals surface area contributed by atoms with Crippen LogP contribution in [0.2, 0.25) is 0 Å². The Balaban J connectivity index is 1.65. The summed E-state index contributed by atoms with van der Waals surface area (Å²) in [7, 11) is 0. The highest BCUT2D eigenvalue weighted by atomic mass is 16.4.